The van der Waals surface area contributed by atoms with Gasteiger partial charge < -0.3 is 10.1 Å². The predicted octanol–water partition coefficient (Wildman–Crippen LogP) is 9.07. The van der Waals surface area contributed by atoms with E-state index in [9.17, 15) is 9.90 Å². The van der Waals surface area contributed by atoms with Gasteiger partial charge in [-0.2, -0.15) is 9.61 Å². The minimum atomic E-state index is -0.0703. The van der Waals surface area contributed by atoms with Crippen molar-refractivity contribution < 1.29 is 5.11 Å². The Labute approximate surface area is 230 Å². The van der Waals surface area contributed by atoms with E-state index in [-0.39, 0.29) is 17.4 Å². The Balaban J connectivity index is 1.54. The molecule has 5 heteroatoms. The molecule has 2 heterocycles. The Kier molecular flexibility index (Phi) is 10.3. The number of rotatable bonds is 4. The molecule has 2 aromatic rings. The maximum absolute atomic E-state index is 13.7. The molecule has 0 bridgehead atoms. The quantitative estimate of drug-likeness (QED) is 0.420. The highest BCUT2D eigenvalue weighted by molar-refractivity contribution is 5.54. The number of fused-ring (bicyclic) bond motifs is 1. The summed E-state index contributed by atoms with van der Waals surface area (Å²) in [5.74, 6) is 1.35. The molecular weight excluding hydrogens is 470 g/mol. The Morgan fingerprint density at radius 3 is 1.63 bits per heavy atom. The number of aromatic hydroxyl groups is 1. The van der Waals surface area contributed by atoms with E-state index in [0.29, 0.717) is 17.4 Å². The lowest BCUT2D eigenvalue weighted by molar-refractivity contribution is 0.375. The number of hydrogen-bond acceptors (Lipinski definition) is 3. The topological polar surface area (TPSA) is 70.4 Å². The standard InChI is InChI=1S/C33H53N3O2/c37-32-29(26-20-14-8-1-2-9-15-21-26)33(38)36-31(34-32)28(24-25-18-12-6-5-7-13-19-25)30(35-36)27-22-16-10-3-4-11-17-23-27/h25-27,38H,1-24H2,(H,34,37). The average Bonchev–Trinajstić information content (AvgIpc) is 3.35. The largest absolute Gasteiger partial charge is 0.493 e. The van der Waals surface area contributed by atoms with Gasteiger partial charge in [-0.15, -0.1) is 0 Å². The summed E-state index contributed by atoms with van der Waals surface area (Å²) in [6, 6.07) is 0. The molecular formula is C33H53N3O2. The summed E-state index contributed by atoms with van der Waals surface area (Å²) in [5, 5.41) is 16.9. The molecule has 0 unspecified atom stereocenters. The highest BCUT2D eigenvalue weighted by Gasteiger charge is 2.29. The maximum atomic E-state index is 13.7. The van der Waals surface area contributed by atoms with Crippen molar-refractivity contribution in [1.82, 2.24) is 14.6 Å². The summed E-state index contributed by atoms with van der Waals surface area (Å²) in [4.78, 5) is 17.0. The summed E-state index contributed by atoms with van der Waals surface area (Å²) in [6.07, 6.45) is 29.8. The van der Waals surface area contributed by atoms with Crippen molar-refractivity contribution in [2.24, 2.45) is 5.92 Å². The highest BCUT2D eigenvalue weighted by atomic mass is 16.3. The molecule has 0 aromatic carbocycles. The van der Waals surface area contributed by atoms with Crippen LogP contribution in [0.4, 0.5) is 0 Å². The van der Waals surface area contributed by atoms with Crippen LogP contribution in [0.15, 0.2) is 4.79 Å². The lowest BCUT2D eigenvalue weighted by atomic mass is 9.84. The zero-order valence-corrected chi connectivity index (χ0v) is 24.0. The number of nitrogens with one attached hydrogen (secondary N) is 1. The van der Waals surface area contributed by atoms with Gasteiger partial charge in [0.15, 0.2) is 0 Å². The second-order valence-corrected chi connectivity index (χ2v) is 13.0. The molecule has 0 saturated heterocycles. The summed E-state index contributed by atoms with van der Waals surface area (Å²) in [7, 11) is 0. The normalized spacial score (nSPS) is 22.9. The molecule has 212 valence electrons. The first kappa shape index (κ1) is 27.8. The van der Waals surface area contributed by atoms with E-state index in [1.807, 2.05) is 0 Å². The minimum Gasteiger partial charge on any atom is -0.493 e. The van der Waals surface area contributed by atoms with Crippen LogP contribution in [-0.2, 0) is 6.42 Å². The fourth-order valence-electron chi connectivity index (χ4n) is 7.90. The monoisotopic (exact) mass is 523 g/mol. The van der Waals surface area contributed by atoms with E-state index in [2.05, 4.69) is 4.98 Å². The van der Waals surface area contributed by atoms with Gasteiger partial charge in [-0.3, -0.25) is 4.79 Å². The molecule has 3 saturated carbocycles. The average molecular weight is 524 g/mol. The first-order chi connectivity index (χ1) is 18.7. The second-order valence-electron chi connectivity index (χ2n) is 13.0. The first-order valence-corrected chi connectivity index (χ1v) is 16.6. The van der Waals surface area contributed by atoms with Gasteiger partial charge in [0.2, 0.25) is 5.88 Å². The minimum absolute atomic E-state index is 0.0703. The molecule has 38 heavy (non-hydrogen) atoms. The van der Waals surface area contributed by atoms with Crippen LogP contribution in [-0.4, -0.2) is 19.7 Å². The maximum Gasteiger partial charge on any atom is 0.258 e. The van der Waals surface area contributed by atoms with E-state index < -0.39 is 0 Å². The lowest BCUT2D eigenvalue weighted by Crippen LogP contribution is -2.20. The highest BCUT2D eigenvalue weighted by Crippen LogP contribution is 2.38. The van der Waals surface area contributed by atoms with Crippen molar-refractivity contribution >= 4 is 5.65 Å². The third-order valence-corrected chi connectivity index (χ3v) is 10.2. The zero-order valence-electron chi connectivity index (χ0n) is 24.0. The summed E-state index contributed by atoms with van der Waals surface area (Å²) >= 11 is 0. The molecule has 5 nitrogen and oxygen atoms in total. The molecule has 3 fully saturated rings. The number of nitrogens with zero attached hydrogens (tertiary/aromatic N) is 2. The van der Waals surface area contributed by atoms with Gasteiger partial charge in [-0.05, 0) is 43.9 Å². The van der Waals surface area contributed by atoms with E-state index in [4.69, 9.17) is 5.10 Å². The van der Waals surface area contributed by atoms with E-state index >= 15 is 0 Å². The predicted molar refractivity (Wildman–Crippen MR) is 156 cm³/mol. The van der Waals surface area contributed by atoms with Crippen molar-refractivity contribution in [3.8, 4) is 5.88 Å². The fourth-order valence-corrected chi connectivity index (χ4v) is 7.90. The van der Waals surface area contributed by atoms with Crippen LogP contribution < -0.4 is 5.56 Å². The van der Waals surface area contributed by atoms with Gasteiger partial charge >= 0.3 is 0 Å². The van der Waals surface area contributed by atoms with Gasteiger partial charge in [-0.1, -0.05) is 122 Å². The molecule has 0 amide bonds. The third kappa shape index (κ3) is 6.86. The molecule has 0 aliphatic heterocycles. The second kappa shape index (κ2) is 14.0. The van der Waals surface area contributed by atoms with Gasteiger partial charge in [-0.25, -0.2) is 0 Å². The Bertz CT molecular complexity index is 1040. The molecule has 2 aromatic heterocycles. The van der Waals surface area contributed by atoms with E-state index in [1.165, 1.54) is 133 Å². The van der Waals surface area contributed by atoms with Crippen molar-refractivity contribution in [3.05, 3.63) is 27.2 Å². The molecule has 3 aliphatic carbocycles. The number of H-pyrrole nitrogens is 1. The van der Waals surface area contributed by atoms with Crippen molar-refractivity contribution in [3.63, 3.8) is 0 Å². The summed E-state index contributed by atoms with van der Waals surface area (Å²) in [6.45, 7) is 0. The van der Waals surface area contributed by atoms with Crippen molar-refractivity contribution in [2.75, 3.05) is 0 Å². The third-order valence-electron chi connectivity index (χ3n) is 10.2. The van der Waals surface area contributed by atoms with Crippen molar-refractivity contribution in [1.29, 1.82) is 0 Å². The van der Waals surface area contributed by atoms with Crippen LogP contribution in [0.1, 0.15) is 176 Å². The molecule has 0 atom stereocenters. The van der Waals surface area contributed by atoms with E-state index in [0.717, 1.165) is 37.8 Å². The van der Waals surface area contributed by atoms with Crippen LogP contribution in [0.2, 0.25) is 0 Å². The smallest absolute Gasteiger partial charge is 0.258 e. The first-order valence-electron chi connectivity index (χ1n) is 16.6. The van der Waals surface area contributed by atoms with Gasteiger partial charge in [0.25, 0.3) is 5.56 Å². The Morgan fingerprint density at radius 2 is 1.11 bits per heavy atom. The molecule has 0 radical (unpaired) electrons. The summed E-state index contributed by atoms with van der Waals surface area (Å²) < 4.78 is 1.77. The fraction of sp³-hybridized carbons (Fsp3) is 0.818. The van der Waals surface area contributed by atoms with Crippen LogP contribution in [0.25, 0.3) is 5.65 Å². The molecule has 0 spiro atoms. The van der Waals surface area contributed by atoms with Gasteiger partial charge in [0.05, 0.1) is 11.3 Å². The van der Waals surface area contributed by atoms with Gasteiger partial charge in [0.1, 0.15) is 5.65 Å². The number of aromatic amines is 1. The number of hydrogen-bond donors (Lipinski definition) is 2. The summed E-state index contributed by atoms with van der Waals surface area (Å²) in [5.41, 5.74) is 3.75. The zero-order chi connectivity index (χ0) is 26.2. The van der Waals surface area contributed by atoms with E-state index in [1.54, 1.807) is 4.52 Å². The molecule has 5 rings (SSSR count). The number of aromatic nitrogens is 3. The Morgan fingerprint density at radius 1 is 0.658 bits per heavy atom. The van der Waals surface area contributed by atoms with Crippen LogP contribution in [0.5, 0.6) is 5.88 Å². The van der Waals surface area contributed by atoms with Crippen LogP contribution in [0, 0.1) is 5.92 Å². The SMILES string of the molecule is O=c1[nH]c2c(CC3CCCCCCC3)c(C3CCCCCCCC3)nn2c(O)c1C1CCCCCCCC1. The molecule has 3 aliphatic rings. The van der Waals surface area contributed by atoms with Crippen LogP contribution in [0.3, 0.4) is 0 Å². The molecule has 2 N–H and O–H groups in total. The lowest BCUT2D eigenvalue weighted by Gasteiger charge is -2.21. The van der Waals surface area contributed by atoms with Crippen LogP contribution >= 0.6 is 0 Å². The van der Waals surface area contributed by atoms with Crippen molar-refractivity contribution in [2.45, 2.75) is 166 Å². The van der Waals surface area contributed by atoms with Gasteiger partial charge in [0, 0.05) is 11.5 Å². The Hall–Kier alpha value is -1.78.